The van der Waals surface area contributed by atoms with Crippen molar-refractivity contribution in [1.29, 1.82) is 0 Å². The van der Waals surface area contributed by atoms with Gasteiger partial charge in [0, 0.05) is 16.5 Å². The van der Waals surface area contributed by atoms with Gasteiger partial charge in [-0.1, -0.05) is 12.1 Å². The first-order valence-electron chi connectivity index (χ1n) is 7.80. The Labute approximate surface area is 160 Å². The van der Waals surface area contributed by atoms with Crippen LogP contribution in [0.5, 0.6) is 5.75 Å². The van der Waals surface area contributed by atoms with Crippen LogP contribution in [0.1, 0.15) is 26.3 Å². The van der Waals surface area contributed by atoms with Gasteiger partial charge in [-0.15, -0.1) is 11.3 Å². The standard InChI is InChI=1S/C19H12F3NO4S/c1-8-2-4-10(16(22)15(8)21)12-7-28-18(14(12)19(26)27)23-17(25)11-6-9(20)3-5-13(11)24/h2-7,24H,1H3,(H,23,25)(H,26,27). The third kappa shape index (κ3) is 3.44. The van der Waals surface area contributed by atoms with Gasteiger partial charge in [-0.05, 0) is 30.7 Å². The molecule has 1 amide bonds. The van der Waals surface area contributed by atoms with Gasteiger partial charge in [0.1, 0.15) is 22.1 Å². The van der Waals surface area contributed by atoms with Gasteiger partial charge in [0.05, 0.1) is 5.56 Å². The van der Waals surface area contributed by atoms with Crippen LogP contribution in [-0.4, -0.2) is 22.1 Å². The summed E-state index contributed by atoms with van der Waals surface area (Å²) < 4.78 is 41.5. The molecule has 9 heteroatoms. The topological polar surface area (TPSA) is 86.6 Å². The highest BCUT2D eigenvalue weighted by molar-refractivity contribution is 7.15. The summed E-state index contributed by atoms with van der Waals surface area (Å²) in [5, 5.41) is 22.6. The predicted molar refractivity (Wildman–Crippen MR) is 97.4 cm³/mol. The van der Waals surface area contributed by atoms with Gasteiger partial charge in [-0.25, -0.2) is 18.0 Å². The number of anilines is 1. The second-order valence-electron chi connectivity index (χ2n) is 5.83. The number of phenols is 1. The van der Waals surface area contributed by atoms with Crippen LogP contribution in [0.2, 0.25) is 0 Å². The number of phenolic OH excluding ortho intramolecular Hbond substituents is 1. The number of halogens is 3. The minimum Gasteiger partial charge on any atom is -0.507 e. The van der Waals surface area contributed by atoms with Gasteiger partial charge < -0.3 is 15.5 Å². The second kappa shape index (κ2) is 7.35. The van der Waals surface area contributed by atoms with E-state index >= 15 is 0 Å². The molecular weight excluding hydrogens is 395 g/mol. The lowest BCUT2D eigenvalue weighted by molar-refractivity contribution is 0.0699. The highest BCUT2D eigenvalue weighted by atomic mass is 32.1. The Kier molecular flexibility index (Phi) is 5.10. The number of thiophene rings is 1. The molecule has 0 atom stereocenters. The first-order chi connectivity index (χ1) is 13.2. The maximum Gasteiger partial charge on any atom is 0.339 e. The number of hydrogen-bond acceptors (Lipinski definition) is 4. The first kappa shape index (κ1) is 19.4. The van der Waals surface area contributed by atoms with E-state index in [1.807, 2.05) is 0 Å². The molecule has 0 saturated heterocycles. The molecule has 3 aromatic rings. The third-order valence-electron chi connectivity index (χ3n) is 4.00. The van der Waals surface area contributed by atoms with Crippen molar-refractivity contribution in [3.8, 4) is 16.9 Å². The van der Waals surface area contributed by atoms with Gasteiger partial charge >= 0.3 is 5.97 Å². The molecule has 0 aliphatic carbocycles. The van der Waals surface area contributed by atoms with Crippen LogP contribution >= 0.6 is 11.3 Å². The van der Waals surface area contributed by atoms with E-state index in [1.54, 1.807) is 0 Å². The quantitative estimate of drug-likeness (QED) is 0.580. The molecule has 0 fully saturated rings. The number of amides is 1. The average molecular weight is 407 g/mol. The number of benzene rings is 2. The van der Waals surface area contributed by atoms with Gasteiger partial charge in [0.2, 0.25) is 0 Å². The molecule has 2 aromatic carbocycles. The van der Waals surface area contributed by atoms with Crippen molar-refractivity contribution in [3.05, 3.63) is 69.9 Å². The lowest BCUT2D eigenvalue weighted by Gasteiger charge is -2.09. The normalized spacial score (nSPS) is 10.7. The molecular formula is C19H12F3NO4S. The van der Waals surface area contributed by atoms with Crippen LogP contribution in [0.15, 0.2) is 35.7 Å². The van der Waals surface area contributed by atoms with Crippen LogP contribution in [0.3, 0.4) is 0 Å². The van der Waals surface area contributed by atoms with Gasteiger partial charge in [0.25, 0.3) is 5.91 Å². The number of aryl methyl sites for hydroxylation is 1. The molecule has 1 heterocycles. The van der Waals surface area contributed by atoms with Crippen molar-refractivity contribution >= 4 is 28.2 Å². The molecule has 28 heavy (non-hydrogen) atoms. The van der Waals surface area contributed by atoms with Crippen LogP contribution in [0.4, 0.5) is 18.2 Å². The van der Waals surface area contributed by atoms with E-state index in [4.69, 9.17) is 0 Å². The molecule has 144 valence electrons. The summed E-state index contributed by atoms with van der Waals surface area (Å²) in [5.41, 5.74) is -1.18. The fourth-order valence-corrected chi connectivity index (χ4v) is 3.52. The zero-order chi connectivity index (χ0) is 20.6. The lowest BCUT2D eigenvalue weighted by Crippen LogP contribution is -2.14. The summed E-state index contributed by atoms with van der Waals surface area (Å²) in [6.45, 7) is 1.37. The van der Waals surface area contributed by atoms with Crippen molar-refractivity contribution in [2.24, 2.45) is 0 Å². The Hall–Kier alpha value is -3.33. The zero-order valence-corrected chi connectivity index (χ0v) is 15.0. The average Bonchev–Trinajstić information content (AvgIpc) is 3.05. The molecule has 1 aromatic heterocycles. The van der Waals surface area contributed by atoms with Gasteiger partial charge in [-0.3, -0.25) is 4.79 Å². The fourth-order valence-electron chi connectivity index (χ4n) is 2.58. The molecule has 0 spiro atoms. The van der Waals surface area contributed by atoms with Crippen molar-refractivity contribution < 1.29 is 33.0 Å². The molecule has 0 aliphatic rings. The largest absolute Gasteiger partial charge is 0.507 e. The molecule has 0 bridgehead atoms. The van der Waals surface area contributed by atoms with Crippen LogP contribution in [0, 0.1) is 24.4 Å². The molecule has 0 aliphatic heterocycles. The smallest absolute Gasteiger partial charge is 0.339 e. The molecule has 0 radical (unpaired) electrons. The van der Waals surface area contributed by atoms with Gasteiger partial charge in [-0.2, -0.15) is 0 Å². The maximum absolute atomic E-state index is 14.3. The predicted octanol–water partition coefficient (Wildman–Crippen LogP) is 4.80. The fraction of sp³-hybridized carbons (Fsp3) is 0.0526. The summed E-state index contributed by atoms with van der Waals surface area (Å²) in [4.78, 5) is 24.0. The monoisotopic (exact) mass is 407 g/mol. The number of hydrogen-bond donors (Lipinski definition) is 3. The number of aromatic hydroxyl groups is 1. The number of carboxylic acids is 1. The summed E-state index contributed by atoms with van der Waals surface area (Å²) in [7, 11) is 0. The van der Waals surface area contributed by atoms with E-state index in [9.17, 15) is 33.0 Å². The number of carboxylic acid groups (broad SMARTS) is 1. The van der Waals surface area contributed by atoms with E-state index in [1.165, 1.54) is 24.4 Å². The van der Waals surface area contributed by atoms with Crippen molar-refractivity contribution in [3.63, 3.8) is 0 Å². The molecule has 3 N–H and O–H groups in total. The summed E-state index contributed by atoms with van der Waals surface area (Å²) in [6.07, 6.45) is 0. The number of carbonyl (C=O) groups is 2. The zero-order valence-electron chi connectivity index (χ0n) is 14.2. The second-order valence-corrected chi connectivity index (χ2v) is 6.71. The van der Waals surface area contributed by atoms with Crippen LogP contribution in [0.25, 0.3) is 11.1 Å². The van der Waals surface area contributed by atoms with Crippen molar-refractivity contribution in [2.75, 3.05) is 5.32 Å². The SMILES string of the molecule is Cc1ccc(-c2csc(NC(=O)c3cc(F)ccc3O)c2C(=O)O)c(F)c1F. The molecule has 0 unspecified atom stereocenters. The lowest BCUT2D eigenvalue weighted by atomic mass is 10.0. The first-order valence-corrected chi connectivity index (χ1v) is 8.68. The Morgan fingerprint density at radius 3 is 2.43 bits per heavy atom. The van der Waals surface area contributed by atoms with Crippen molar-refractivity contribution in [1.82, 2.24) is 0 Å². The Balaban J connectivity index is 2.05. The number of carbonyl (C=O) groups excluding carboxylic acids is 1. The molecule has 3 rings (SSSR count). The van der Waals surface area contributed by atoms with E-state index in [0.29, 0.717) is 0 Å². The Morgan fingerprint density at radius 1 is 1.04 bits per heavy atom. The van der Waals surface area contributed by atoms with E-state index in [-0.39, 0.29) is 21.7 Å². The minimum absolute atomic E-state index is 0.0588. The Morgan fingerprint density at radius 2 is 1.75 bits per heavy atom. The number of aromatic carboxylic acids is 1. The maximum atomic E-state index is 14.3. The van der Waals surface area contributed by atoms with E-state index < -0.39 is 46.2 Å². The molecule has 0 saturated carbocycles. The highest BCUT2D eigenvalue weighted by Gasteiger charge is 2.25. The highest BCUT2D eigenvalue weighted by Crippen LogP contribution is 2.38. The van der Waals surface area contributed by atoms with E-state index in [0.717, 1.165) is 29.5 Å². The minimum atomic E-state index is -1.48. The number of rotatable bonds is 4. The van der Waals surface area contributed by atoms with Crippen molar-refractivity contribution in [2.45, 2.75) is 6.92 Å². The van der Waals surface area contributed by atoms with E-state index in [2.05, 4.69) is 5.32 Å². The summed E-state index contributed by atoms with van der Waals surface area (Å²) in [6, 6.07) is 5.26. The summed E-state index contributed by atoms with van der Waals surface area (Å²) >= 11 is 0.774. The number of nitrogens with one attached hydrogen (secondary N) is 1. The summed E-state index contributed by atoms with van der Waals surface area (Å²) in [5.74, 6) is -6.01. The Bertz CT molecular complexity index is 1110. The van der Waals surface area contributed by atoms with Crippen LogP contribution < -0.4 is 5.32 Å². The third-order valence-corrected chi connectivity index (χ3v) is 4.90. The van der Waals surface area contributed by atoms with Gasteiger partial charge in [0.15, 0.2) is 11.6 Å². The van der Waals surface area contributed by atoms with Crippen LogP contribution in [-0.2, 0) is 0 Å². The molecule has 5 nitrogen and oxygen atoms in total.